The zero-order valence-electron chi connectivity index (χ0n) is 11.1. The molecule has 0 saturated carbocycles. The summed E-state index contributed by atoms with van der Waals surface area (Å²) in [6.07, 6.45) is 0. The van der Waals surface area contributed by atoms with Crippen LogP contribution in [0.3, 0.4) is 0 Å². The number of hydrogen-bond acceptors (Lipinski definition) is 4. The van der Waals surface area contributed by atoms with Crippen LogP contribution < -0.4 is 10.5 Å². The Morgan fingerprint density at radius 2 is 1.95 bits per heavy atom. The number of nitrogens with two attached hydrogens (primary N) is 1. The van der Waals surface area contributed by atoms with Crippen molar-refractivity contribution in [1.29, 1.82) is 0 Å². The van der Waals surface area contributed by atoms with Crippen LogP contribution in [0.15, 0.2) is 40.9 Å². The van der Waals surface area contributed by atoms with Gasteiger partial charge in [-0.05, 0) is 58.7 Å². The highest BCUT2D eigenvalue weighted by Crippen LogP contribution is 2.31. The summed E-state index contributed by atoms with van der Waals surface area (Å²) in [5.41, 5.74) is 7.50. The maximum absolute atomic E-state index is 11.6. The van der Waals surface area contributed by atoms with Gasteiger partial charge < -0.3 is 15.2 Å². The van der Waals surface area contributed by atoms with E-state index in [-0.39, 0.29) is 5.56 Å². The number of hydrogen-bond donors (Lipinski definition) is 1. The maximum Gasteiger partial charge on any atom is 0.340 e. The molecule has 0 bridgehead atoms. The fraction of sp³-hybridized carbons (Fsp3) is 0.133. The molecule has 0 aliphatic carbocycles. The smallest absolute Gasteiger partial charge is 0.340 e. The summed E-state index contributed by atoms with van der Waals surface area (Å²) in [4.78, 5) is 11.6. The number of aryl methyl sites for hydroxylation is 1. The van der Waals surface area contributed by atoms with Gasteiger partial charge in [0.2, 0.25) is 0 Å². The van der Waals surface area contributed by atoms with Gasteiger partial charge in [0.05, 0.1) is 17.1 Å². The van der Waals surface area contributed by atoms with Crippen LogP contribution >= 0.6 is 15.9 Å². The van der Waals surface area contributed by atoms with Crippen molar-refractivity contribution in [2.24, 2.45) is 0 Å². The molecule has 0 aliphatic heterocycles. The molecule has 0 aromatic heterocycles. The normalized spacial score (nSPS) is 10.2. The van der Waals surface area contributed by atoms with Crippen LogP contribution in [0.1, 0.15) is 15.9 Å². The van der Waals surface area contributed by atoms with Crippen molar-refractivity contribution >= 4 is 27.6 Å². The Morgan fingerprint density at radius 1 is 1.20 bits per heavy atom. The molecule has 0 amide bonds. The second kappa shape index (κ2) is 5.96. The standard InChI is InChI=1S/C15H14BrNO3/c1-9-3-6-14(12(16)7-9)20-10-4-5-13(17)11(8-10)15(18)19-2/h3-8H,17H2,1-2H3. The predicted octanol–water partition coefficient (Wildman–Crippen LogP) is 3.92. The van der Waals surface area contributed by atoms with Crippen molar-refractivity contribution in [1.82, 2.24) is 0 Å². The van der Waals surface area contributed by atoms with Crippen molar-refractivity contribution in [2.45, 2.75) is 6.92 Å². The predicted molar refractivity (Wildman–Crippen MR) is 81.1 cm³/mol. The lowest BCUT2D eigenvalue weighted by molar-refractivity contribution is 0.0601. The third-order valence-corrected chi connectivity index (χ3v) is 3.36. The van der Waals surface area contributed by atoms with Crippen molar-refractivity contribution in [3.05, 3.63) is 52.0 Å². The molecule has 0 spiro atoms. The molecule has 0 aliphatic rings. The van der Waals surface area contributed by atoms with Crippen LogP contribution in [0.4, 0.5) is 5.69 Å². The summed E-state index contributed by atoms with van der Waals surface area (Å²) in [7, 11) is 1.31. The number of rotatable bonds is 3. The number of methoxy groups -OCH3 is 1. The first-order chi connectivity index (χ1) is 9.51. The number of benzene rings is 2. The summed E-state index contributed by atoms with van der Waals surface area (Å²) in [5.74, 6) is 0.691. The van der Waals surface area contributed by atoms with Gasteiger partial charge in [0.25, 0.3) is 0 Å². The average molecular weight is 336 g/mol. The van der Waals surface area contributed by atoms with Gasteiger partial charge in [-0.1, -0.05) is 6.07 Å². The molecule has 0 fully saturated rings. The Hall–Kier alpha value is -2.01. The Morgan fingerprint density at radius 3 is 2.60 bits per heavy atom. The van der Waals surface area contributed by atoms with Crippen molar-refractivity contribution in [3.8, 4) is 11.5 Å². The van der Waals surface area contributed by atoms with E-state index in [1.807, 2.05) is 25.1 Å². The molecular weight excluding hydrogens is 322 g/mol. The Labute approximate surface area is 125 Å². The van der Waals surface area contributed by atoms with Crippen LogP contribution in [0.2, 0.25) is 0 Å². The highest BCUT2D eigenvalue weighted by Gasteiger charge is 2.12. The molecule has 2 aromatic rings. The third-order valence-electron chi connectivity index (χ3n) is 2.75. The lowest BCUT2D eigenvalue weighted by Gasteiger charge is -2.10. The van der Waals surface area contributed by atoms with Crippen LogP contribution in [0.5, 0.6) is 11.5 Å². The number of esters is 1. The van der Waals surface area contributed by atoms with Gasteiger partial charge in [-0.25, -0.2) is 4.79 Å². The first-order valence-corrected chi connectivity index (χ1v) is 6.72. The summed E-state index contributed by atoms with van der Waals surface area (Å²) in [5, 5.41) is 0. The molecule has 2 aromatic carbocycles. The van der Waals surface area contributed by atoms with Gasteiger partial charge in [-0.15, -0.1) is 0 Å². The molecule has 20 heavy (non-hydrogen) atoms. The van der Waals surface area contributed by atoms with Gasteiger partial charge in [-0.3, -0.25) is 0 Å². The van der Waals surface area contributed by atoms with Crippen LogP contribution in [0, 0.1) is 6.92 Å². The van der Waals surface area contributed by atoms with Gasteiger partial charge in [-0.2, -0.15) is 0 Å². The number of carbonyl (C=O) groups is 1. The van der Waals surface area contributed by atoms with E-state index >= 15 is 0 Å². The minimum atomic E-state index is -0.490. The van der Waals surface area contributed by atoms with E-state index in [9.17, 15) is 4.79 Å². The molecule has 2 rings (SSSR count). The van der Waals surface area contributed by atoms with E-state index in [2.05, 4.69) is 20.7 Å². The van der Waals surface area contributed by atoms with Gasteiger partial charge in [0.15, 0.2) is 0 Å². The zero-order valence-corrected chi connectivity index (χ0v) is 12.7. The lowest BCUT2D eigenvalue weighted by Crippen LogP contribution is -2.05. The van der Waals surface area contributed by atoms with E-state index in [4.69, 9.17) is 10.5 Å². The monoisotopic (exact) mass is 335 g/mol. The summed E-state index contributed by atoms with van der Waals surface area (Å²) in [6, 6.07) is 10.6. The van der Waals surface area contributed by atoms with E-state index in [0.717, 1.165) is 10.0 Å². The van der Waals surface area contributed by atoms with Crippen molar-refractivity contribution in [2.75, 3.05) is 12.8 Å². The molecule has 0 saturated heterocycles. The zero-order chi connectivity index (χ0) is 14.7. The molecule has 0 radical (unpaired) electrons. The molecule has 2 N–H and O–H groups in total. The molecule has 4 nitrogen and oxygen atoms in total. The van der Waals surface area contributed by atoms with Crippen LogP contribution in [-0.4, -0.2) is 13.1 Å². The fourth-order valence-corrected chi connectivity index (χ4v) is 2.28. The quantitative estimate of drug-likeness (QED) is 0.682. The second-order valence-electron chi connectivity index (χ2n) is 4.28. The first kappa shape index (κ1) is 14.4. The topological polar surface area (TPSA) is 61.5 Å². The molecule has 104 valence electrons. The minimum absolute atomic E-state index is 0.285. The van der Waals surface area contributed by atoms with Crippen LogP contribution in [0.25, 0.3) is 0 Å². The lowest BCUT2D eigenvalue weighted by atomic mass is 10.1. The molecule has 0 atom stereocenters. The average Bonchev–Trinajstić information content (AvgIpc) is 2.43. The van der Waals surface area contributed by atoms with E-state index in [1.165, 1.54) is 7.11 Å². The number of halogens is 1. The fourth-order valence-electron chi connectivity index (χ4n) is 1.70. The number of anilines is 1. The molecular formula is C15H14BrNO3. The Bertz CT molecular complexity index is 656. The van der Waals surface area contributed by atoms with Crippen LogP contribution in [-0.2, 0) is 4.74 Å². The SMILES string of the molecule is COC(=O)c1cc(Oc2ccc(C)cc2Br)ccc1N. The van der Waals surface area contributed by atoms with E-state index in [1.54, 1.807) is 18.2 Å². The van der Waals surface area contributed by atoms with Gasteiger partial charge in [0, 0.05) is 5.69 Å². The Kier molecular flexibility index (Phi) is 4.29. The maximum atomic E-state index is 11.6. The van der Waals surface area contributed by atoms with Gasteiger partial charge in [0.1, 0.15) is 11.5 Å². The summed E-state index contributed by atoms with van der Waals surface area (Å²) >= 11 is 3.44. The number of carbonyl (C=O) groups excluding carboxylic acids is 1. The Balaban J connectivity index is 2.32. The molecule has 0 unspecified atom stereocenters. The molecule has 5 heteroatoms. The van der Waals surface area contributed by atoms with Gasteiger partial charge >= 0.3 is 5.97 Å². The first-order valence-electron chi connectivity index (χ1n) is 5.93. The summed E-state index contributed by atoms with van der Waals surface area (Å²) in [6.45, 7) is 1.99. The van der Waals surface area contributed by atoms with E-state index in [0.29, 0.717) is 17.2 Å². The highest BCUT2D eigenvalue weighted by molar-refractivity contribution is 9.10. The molecule has 0 heterocycles. The largest absolute Gasteiger partial charge is 0.465 e. The summed E-state index contributed by atoms with van der Waals surface area (Å²) < 4.78 is 11.3. The highest BCUT2D eigenvalue weighted by atomic mass is 79.9. The van der Waals surface area contributed by atoms with Crippen molar-refractivity contribution in [3.63, 3.8) is 0 Å². The second-order valence-corrected chi connectivity index (χ2v) is 5.13. The number of nitrogen functional groups attached to an aromatic ring is 1. The van der Waals surface area contributed by atoms with E-state index < -0.39 is 5.97 Å². The minimum Gasteiger partial charge on any atom is -0.465 e. The van der Waals surface area contributed by atoms with Crippen molar-refractivity contribution < 1.29 is 14.3 Å². The number of ether oxygens (including phenoxy) is 2. The third kappa shape index (κ3) is 3.11.